The van der Waals surface area contributed by atoms with Crippen molar-refractivity contribution in [3.63, 3.8) is 0 Å². The first-order chi connectivity index (χ1) is 14.0. The number of nitrogens with zero attached hydrogens (tertiary/aromatic N) is 3. The van der Waals surface area contributed by atoms with Crippen LogP contribution in [0.3, 0.4) is 0 Å². The molecule has 1 aromatic heterocycles. The SMILES string of the molecule is O=C(CN1C(=O)S/C(=C/c2cccn2-c2ccc(Cl)cc2)C1=O)N1CCOCC1. The highest BCUT2D eigenvalue weighted by Gasteiger charge is 2.37. The molecule has 0 saturated carbocycles. The molecule has 1 aromatic carbocycles. The molecule has 0 bridgehead atoms. The number of halogens is 1. The van der Waals surface area contributed by atoms with Crippen molar-refractivity contribution >= 4 is 46.5 Å². The van der Waals surface area contributed by atoms with E-state index in [0.29, 0.717) is 36.2 Å². The van der Waals surface area contributed by atoms with Crippen molar-refractivity contribution in [2.24, 2.45) is 0 Å². The molecule has 7 nitrogen and oxygen atoms in total. The summed E-state index contributed by atoms with van der Waals surface area (Å²) in [5.41, 5.74) is 1.63. The Balaban J connectivity index is 1.52. The molecule has 0 spiro atoms. The number of aromatic nitrogens is 1. The number of carbonyl (C=O) groups is 3. The molecular formula is C20H18ClN3O4S. The van der Waals surface area contributed by atoms with E-state index < -0.39 is 11.1 Å². The van der Waals surface area contributed by atoms with Crippen LogP contribution in [0.5, 0.6) is 0 Å². The number of amides is 3. The minimum Gasteiger partial charge on any atom is -0.378 e. The summed E-state index contributed by atoms with van der Waals surface area (Å²) in [5.74, 6) is -0.702. The largest absolute Gasteiger partial charge is 0.378 e. The standard InChI is InChI=1S/C20H18ClN3O4S/c21-14-3-5-15(6-4-14)23-7-1-2-16(23)12-17-19(26)24(20(27)29-17)13-18(25)22-8-10-28-11-9-22/h1-7,12H,8-11,13H2/b17-12+. The summed E-state index contributed by atoms with van der Waals surface area (Å²) in [6.45, 7) is 1.63. The number of ether oxygens (including phenoxy) is 1. The van der Waals surface area contributed by atoms with Crippen LogP contribution < -0.4 is 0 Å². The number of morpholine rings is 1. The fourth-order valence-electron chi connectivity index (χ4n) is 3.17. The third-order valence-corrected chi connectivity index (χ3v) is 5.85. The van der Waals surface area contributed by atoms with Crippen LogP contribution in [0.4, 0.5) is 4.79 Å². The number of benzene rings is 1. The molecule has 0 radical (unpaired) electrons. The van der Waals surface area contributed by atoms with Crippen LogP contribution in [0.2, 0.25) is 5.02 Å². The zero-order valence-corrected chi connectivity index (χ0v) is 17.0. The highest BCUT2D eigenvalue weighted by Crippen LogP contribution is 2.32. The number of imide groups is 1. The molecule has 0 N–H and O–H groups in total. The maximum atomic E-state index is 12.7. The maximum absolute atomic E-state index is 12.7. The lowest BCUT2D eigenvalue weighted by atomic mass is 10.3. The van der Waals surface area contributed by atoms with E-state index in [1.54, 1.807) is 23.1 Å². The fourth-order valence-corrected chi connectivity index (χ4v) is 4.12. The smallest absolute Gasteiger partial charge is 0.294 e. The minimum atomic E-state index is -0.453. The van der Waals surface area contributed by atoms with Crippen molar-refractivity contribution in [1.29, 1.82) is 0 Å². The summed E-state index contributed by atoms with van der Waals surface area (Å²) < 4.78 is 7.12. The summed E-state index contributed by atoms with van der Waals surface area (Å²) in [4.78, 5) is 40.4. The Morgan fingerprint density at radius 1 is 1.14 bits per heavy atom. The van der Waals surface area contributed by atoms with Gasteiger partial charge in [0.2, 0.25) is 5.91 Å². The molecule has 2 aliphatic rings. The molecule has 0 atom stereocenters. The second-order valence-electron chi connectivity index (χ2n) is 6.54. The molecule has 2 fully saturated rings. The summed E-state index contributed by atoms with van der Waals surface area (Å²) >= 11 is 6.79. The molecule has 3 amide bonds. The van der Waals surface area contributed by atoms with Gasteiger partial charge in [0.1, 0.15) is 6.54 Å². The first kappa shape index (κ1) is 19.8. The van der Waals surface area contributed by atoms with Crippen LogP contribution in [-0.2, 0) is 14.3 Å². The topological polar surface area (TPSA) is 71.9 Å². The van der Waals surface area contributed by atoms with Crippen LogP contribution in [0.1, 0.15) is 5.69 Å². The van der Waals surface area contributed by atoms with E-state index >= 15 is 0 Å². The van der Waals surface area contributed by atoms with Crippen LogP contribution >= 0.6 is 23.4 Å². The quantitative estimate of drug-likeness (QED) is 0.696. The lowest BCUT2D eigenvalue weighted by Crippen LogP contribution is -2.46. The molecule has 29 heavy (non-hydrogen) atoms. The molecule has 2 saturated heterocycles. The summed E-state index contributed by atoms with van der Waals surface area (Å²) in [7, 11) is 0. The second-order valence-corrected chi connectivity index (χ2v) is 7.97. The van der Waals surface area contributed by atoms with Crippen molar-refractivity contribution in [3.05, 3.63) is 58.2 Å². The van der Waals surface area contributed by atoms with Gasteiger partial charge in [-0.25, -0.2) is 0 Å². The second kappa shape index (κ2) is 8.44. The molecule has 4 rings (SSSR count). The normalized spacial score (nSPS) is 18.7. The maximum Gasteiger partial charge on any atom is 0.294 e. The Hall–Kier alpha value is -2.55. The van der Waals surface area contributed by atoms with Gasteiger partial charge in [0.05, 0.1) is 18.1 Å². The fraction of sp³-hybridized carbons (Fsp3) is 0.250. The summed E-state index contributed by atoms with van der Waals surface area (Å²) in [6.07, 6.45) is 3.53. The summed E-state index contributed by atoms with van der Waals surface area (Å²) in [6, 6.07) is 11.0. The molecular weight excluding hydrogens is 414 g/mol. The van der Waals surface area contributed by atoms with Crippen molar-refractivity contribution in [2.45, 2.75) is 0 Å². The monoisotopic (exact) mass is 431 g/mol. The van der Waals surface area contributed by atoms with E-state index in [0.717, 1.165) is 28.0 Å². The van der Waals surface area contributed by atoms with Gasteiger partial charge in [0.25, 0.3) is 11.1 Å². The van der Waals surface area contributed by atoms with Gasteiger partial charge in [-0.2, -0.15) is 0 Å². The van der Waals surface area contributed by atoms with Gasteiger partial charge in [0, 0.05) is 35.7 Å². The lowest BCUT2D eigenvalue weighted by molar-refractivity contribution is -0.139. The average molecular weight is 432 g/mol. The van der Waals surface area contributed by atoms with Gasteiger partial charge in [-0.3, -0.25) is 19.3 Å². The number of thioether (sulfide) groups is 1. The zero-order valence-electron chi connectivity index (χ0n) is 15.4. The van der Waals surface area contributed by atoms with Gasteiger partial charge in [-0.05, 0) is 54.2 Å². The number of hydrogen-bond donors (Lipinski definition) is 0. The number of hydrogen-bond acceptors (Lipinski definition) is 5. The Kier molecular flexibility index (Phi) is 5.75. The molecule has 2 aliphatic heterocycles. The minimum absolute atomic E-state index is 0.249. The molecule has 9 heteroatoms. The van der Waals surface area contributed by atoms with E-state index in [-0.39, 0.29) is 12.5 Å². The molecule has 3 heterocycles. The highest BCUT2D eigenvalue weighted by molar-refractivity contribution is 8.18. The summed E-state index contributed by atoms with van der Waals surface area (Å²) in [5, 5.41) is 0.195. The van der Waals surface area contributed by atoms with E-state index in [9.17, 15) is 14.4 Å². The van der Waals surface area contributed by atoms with E-state index in [1.165, 1.54) is 0 Å². The van der Waals surface area contributed by atoms with E-state index in [1.807, 2.05) is 35.0 Å². The first-order valence-electron chi connectivity index (χ1n) is 9.07. The predicted octanol–water partition coefficient (Wildman–Crippen LogP) is 3.03. The first-order valence-corrected chi connectivity index (χ1v) is 10.3. The van der Waals surface area contributed by atoms with Gasteiger partial charge >= 0.3 is 0 Å². The van der Waals surface area contributed by atoms with Crippen molar-refractivity contribution in [2.75, 3.05) is 32.8 Å². The molecule has 150 valence electrons. The van der Waals surface area contributed by atoms with E-state index in [4.69, 9.17) is 16.3 Å². The van der Waals surface area contributed by atoms with Crippen molar-refractivity contribution < 1.29 is 19.1 Å². The molecule has 0 unspecified atom stereocenters. The number of rotatable bonds is 4. The third kappa shape index (κ3) is 4.24. The third-order valence-electron chi connectivity index (χ3n) is 4.69. The van der Waals surface area contributed by atoms with Crippen LogP contribution in [-0.4, -0.2) is 64.3 Å². The molecule has 2 aromatic rings. The van der Waals surface area contributed by atoms with Gasteiger partial charge in [-0.15, -0.1) is 0 Å². The Morgan fingerprint density at radius 2 is 1.86 bits per heavy atom. The van der Waals surface area contributed by atoms with Crippen LogP contribution in [0, 0.1) is 0 Å². The average Bonchev–Trinajstić information content (AvgIpc) is 3.29. The molecule has 0 aliphatic carbocycles. The number of carbonyl (C=O) groups excluding carboxylic acids is 3. The van der Waals surface area contributed by atoms with Gasteiger partial charge in [-0.1, -0.05) is 11.6 Å². The van der Waals surface area contributed by atoms with Crippen LogP contribution in [0.25, 0.3) is 11.8 Å². The van der Waals surface area contributed by atoms with Gasteiger partial charge < -0.3 is 14.2 Å². The van der Waals surface area contributed by atoms with Crippen molar-refractivity contribution in [3.8, 4) is 5.69 Å². The lowest BCUT2D eigenvalue weighted by Gasteiger charge is -2.28. The zero-order chi connectivity index (χ0) is 20.4. The Morgan fingerprint density at radius 3 is 2.59 bits per heavy atom. The predicted molar refractivity (Wildman–Crippen MR) is 111 cm³/mol. The Labute approximate surface area is 176 Å². The highest BCUT2D eigenvalue weighted by atomic mass is 35.5. The van der Waals surface area contributed by atoms with E-state index in [2.05, 4.69) is 0 Å². The van der Waals surface area contributed by atoms with Gasteiger partial charge in [0.15, 0.2) is 0 Å². The van der Waals surface area contributed by atoms with Crippen molar-refractivity contribution in [1.82, 2.24) is 14.4 Å². The van der Waals surface area contributed by atoms with Crippen LogP contribution in [0.15, 0.2) is 47.5 Å². The Bertz CT molecular complexity index is 980.